The molecule has 0 aliphatic heterocycles. The maximum atomic E-state index is 11.7. The summed E-state index contributed by atoms with van der Waals surface area (Å²) in [5, 5.41) is 0. The highest BCUT2D eigenvalue weighted by Gasteiger charge is 2.24. The number of fused-ring (bicyclic) bond motifs is 1. The summed E-state index contributed by atoms with van der Waals surface area (Å²) in [4.78, 5) is 11.7. The van der Waals surface area contributed by atoms with Crippen molar-refractivity contribution < 1.29 is 4.79 Å². The van der Waals surface area contributed by atoms with Crippen LogP contribution in [0.2, 0.25) is 0 Å². The first-order valence-corrected chi connectivity index (χ1v) is 5.86. The molecule has 0 radical (unpaired) electrons. The normalized spacial score (nSPS) is 21.4. The van der Waals surface area contributed by atoms with E-state index in [1.165, 1.54) is 0 Å². The van der Waals surface area contributed by atoms with Crippen LogP contribution in [0.25, 0.3) is 0 Å². The van der Waals surface area contributed by atoms with Crippen molar-refractivity contribution in [1.29, 1.82) is 0 Å². The first kappa shape index (κ1) is 9.41. The van der Waals surface area contributed by atoms with Gasteiger partial charge in [-0.25, -0.2) is 0 Å². The molecular formula is C10H8Br2O. The lowest BCUT2D eigenvalue weighted by molar-refractivity contribution is 0.0981. The number of rotatable bonds is 0. The van der Waals surface area contributed by atoms with Crippen LogP contribution in [0.5, 0.6) is 0 Å². The lowest BCUT2D eigenvalue weighted by atomic mass is 9.91. The predicted octanol–water partition coefficient (Wildman–Crippen LogP) is 3.34. The molecule has 0 heterocycles. The summed E-state index contributed by atoms with van der Waals surface area (Å²) in [5.41, 5.74) is 2.03. The Morgan fingerprint density at radius 1 is 1.38 bits per heavy atom. The van der Waals surface area contributed by atoms with Crippen LogP contribution < -0.4 is 0 Å². The van der Waals surface area contributed by atoms with Crippen molar-refractivity contribution >= 4 is 37.6 Å². The van der Waals surface area contributed by atoms with Gasteiger partial charge in [-0.05, 0) is 36.6 Å². The van der Waals surface area contributed by atoms with Gasteiger partial charge in [0.2, 0.25) is 0 Å². The summed E-state index contributed by atoms with van der Waals surface area (Å²) >= 11 is 6.78. The molecule has 2 rings (SSSR count). The quantitative estimate of drug-likeness (QED) is 0.672. The van der Waals surface area contributed by atoms with Gasteiger partial charge in [0, 0.05) is 10.0 Å². The third-order valence-corrected chi connectivity index (χ3v) is 3.65. The minimum Gasteiger partial charge on any atom is -0.293 e. The Morgan fingerprint density at radius 3 is 2.92 bits per heavy atom. The highest BCUT2D eigenvalue weighted by molar-refractivity contribution is 9.10. The summed E-state index contributed by atoms with van der Waals surface area (Å²) in [7, 11) is 0. The number of halogens is 2. The number of alkyl halides is 1. The minimum atomic E-state index is 0.0150. The smallest absolute Gasteiger partial charge is 0.176 e. The van der Waals surface area contributed by atoms with Crippen LogP contribution in [0.4, 0.5) is 0 Å². The zero-order valence-electron chi connectivity index (χ0n) is 6.89. The Morgan fingerprint density at radius 2 is 2.15 bits per heavy atom. The molecule has 68 valence electrons. The number of aryl methyl sites for hydroxylation is 1. The molecule has 1 nitrogen and oxygen atoms in total. The van der Waals surface area contributed by atoms with Crippen LogP contribution in [0.3, 0.4) is 0 Å². The lowest BCUT2D eigenvalue weighted by Crippen LogP contribution is -2.22. The fourth-order valence-corrected chi connectivity index (χ4v) is 2.48. The zero-order chi connectivity index (χ0) is 9.42. The molecule has 1 atom stereocenters. The maximum absolute atomic E-state index is 11.7. The van der Waals surface area contributed by atoms with Crippen molar-refractivity contribution in [1.82, 2.24) is 0 Å². The van der Waals surface area contributed by atoms with Gasteiger partial charge in [-0.3, -0.25) is 4.79 Å². The number of benzene rings is 1. The second kappa shape index (κ2) is 3.54. The van der Waals surface area contributed by atoms with Gasteiger partial charge >= 0.3 is 0 Å². The molecule has 0 N–H and O–H groups in total. The molecule has 0 unspecified atom stereocenters. The second-order valence-corrected chi connectivity index (χ2v) is 5.19. The Kier molecular flexibility index (Phi) is 2.56. The number of hydrogen-bond acceptors (Lipinski definition) is 1. The Balaban J connectivity index is 2.50. The third kappa shape index (κ3) is 1.72. The van der Waals surface area contributed by atoms with E-state index in [2.05, 4.69) is 31.9 Å². The highest BCUT2D eigenvalue weighted by atomic mass is 79.9. The van der Waals surface area contributed by atoms with Gasteiger partial charge in [0.05, 0.1) is 4.83 Å². The van der Waals surface area contributed by atoms with E-state index in [0.29, 0.717) is 0 Å². The molecule has 0 saturated carbocycles. The van der Waals surface area contributed by atoms with Crippen molar-refractivity contribution in [3.05, 3.63) is 33.8 Å². The van der Waals surface area contributed by atoms with Gasteiger partial charge in [-0.1, -0.05) is 31.9 Å². The number of ketones is 1. The van der Waals surface area contributed by atoms with Crippen molar-refractivity contribution in [2.75, 3.05) is 0 Å². The van der Waals surface area contributed by atoms with E-state index in [1.807, 2.05) is 18.2 Å². The number of Topliss-reactive ketones (excluding diaryl/α,β-unsaturated/α-hetero) is 1. The Labute approximate surface area is 93.8 Å². The molecular weight excluding hydrogens is 296 g/mol. The monoisotopic (exact) mass is 302 g/mol. The fraction of sp³-hybridized carbons (Fsp3) is 0.300. The summed E-state index contributed by atoms with van der Waals surface area (Å²) in [6.45, 7) is 0. The van der Waals surface area contributed by atoms with Crippen molar-refractivity contribution in [2.45, 2.75) is 17.7 Å². The summed E-state index contributed by atoms with van der Waals surface area (Å²) in [6, 6.07) is 5.85. The van der Waals surface area contributed by atoms with Gasteiger partial charge in [0.1, 0.15) is 0 Å². The Bertz CT molecular complexity index is 360. The molecule has 13 heavy (non-hydrogen) atoms. The molecule has 1 aromatic rings. The predicted molar refractivity (Wildman–Crippen MR) is 59.5 cm³/mol. The average Bonchev–Trinajstić information content (AvgIpc) is 2.12. The zero-order valence-corrected chi connectivity index (χ0v) is 10.1. The molecule has 1 aromatic carbocycles. The standard InChI is InChI=1S/C10H8Br2O/c11-7-2-3-8-6(5-7)1-4-9(12)10(8)13/h2-3,5,9H,1,4H2/t9-/m0/s1. The molecule has 0 aromatic heterocycles. The van der Waals surface area contributed by atoms with Gasteiger partial charge in [0.15, 0.2) is 5.78 Å². The lowest BCUT2D eigenvalue weighted by Gasteiger charge is -2.18. The van der Waals surface area contributed by atoms with Crippen LogP contribution in [0.15, 0.2) is 22.7 Å². The molecule has 0 spiro atoms. The second-order valence-electron chi connectivity index (χ2n) is 3.17. The van der Waals surface area contributed by atoms with Gasteiger partial charge in [0.25, 0.3) is 0 Å². The SMILES string of the molecule is O=C1c2ccc(Br)cc2CC[C@@H]1Br. The van der Waals surface area contributed by atoms with Crippen molar-refractivity contribution in [3.8, 4) is 0 Å². The van der Waals surface area contributed by atoms with Gasteiger partial charge < -0.3 is 0 Å². The average molecular weight is 304 g/mol. The van der Waals surface area contributed by atoms with E-state index < -0.39 is 0 Å². The van der Waals surface area contributed by atoms with E-state index >= 15 is 0 Å². The topological polar surface area (TPSA) is 17.1 Å². The molecule has 0 fully saturated rings. The van der Waals surface area contributed by atoms with E-state index in [-0.39, 0.29) is 10.6 Å². The van der Waals surface area contributed by atoms with Crippen molar-refractivity contribution in [2.24, 2.45) is 0 Å². The van der Waals surface area contributed by atoms with Crippen LogP contribution in [-0.4, -0.2) is 10.6 Å². The Hall–Kier alpha value is -0.150. The first-order chi connectivity index (χ1) is 6.18. The number of carbonyl (C=O) groups is 1. The molecule has 3 heteroatoms. The first-order valence-electron chi connectivity index (χ1n) is 4.15. The van der Waals surface area contributed by atoms with Gasteiger partial charge in [-0.15, -0.1) is 0 Å². The summed E-state index contributed by atoms with van der Waals surface area (Å²) in [5.74, 6) is 0.216. The van der Waals surface area contributed by atoms with E-state index in [9.17, 15) is 4.79 Å². The molecule has 0 saturated heterocycles. The van der Waals surface area contributed by atoms with E-state index in [4.69, 9.17) is 0 Å². The van der Waals surface area contributed by atoms with Gasteiger partial charge in [-0.2, -0.15) is 0 Å². The number of hydrogen-bond donors (Lipinski definition) is 0. The summed E-state index contributed by atoms with van der Waals surface area (Å²) < 4.78 is 1.05. The fourth-order valence-electron chi connectivity index (χ4n) is 1.59. The van der Waals surface area contributed by atoms with Crippen molar-refractivity contribution in [3.63, 3.8) is 0 Å². The molecule has 0 bridgehead atoms. The van der Waals surface area contributed by atoms with Crippen LogP contribution >= 0.6 is 31.9 Å². The number of carbonyl (C=O) groups excluding carboxylic acids is 1. The highest BCUT2D eigenvalue weighted by Crippen LogP contribution is 2.27. The third-order valence-electron chi connectivity index (χ3n) is 2.28. The van der Waals surface area contributed by atoms with Crippen LogP contribution in [0.1, 0.15) is 22.3 Å². The van der Waals surface area contributed by atoms with Crippen LogP contribution in [-0.2, 0) is 6.42 Å². The summed E-state index contributed by atoms with van der Waals surface area (Å²) in [6.07, 6.45) is 1.89. The molecule has 1 aliphatic carbocycles. The van der Waals surface area contributed by atoms with E-state index in [0.717, 1.165) is 28.4 Å². The maximum Gasteiger partial charge on any atom is 0.176 e. The van der Waals surface area contributed by atoms with E-state index in [1.54, 1.807) is 0 Å². The van der Waals surface area contributed by atoms with Crippen LogP contribution in [0, 0.1) is 0 Å². The minimum absolute atomic E-state index is 0.0150. The molecule has 0 amide bonds. The molecule has 1 aliphatic rings. The largest absolute Gasteiger partial charge is 0.293 e.